The second-order valence-corrected chi connectivity index (χ2v) is 8.33. The Morgan fingerprint density at radius 3 is 1.87 bits per heavy atom. The molecule has 0 bridgehead atoms. The third-order valence-electron chi connectivity index (χ3n) is 4.66. The highest BCUT2D eigenvalue weighted by atomic mass is 32.2. The highest BCUT2D eigenvalue weighted by molar-refractivity contribution is 7.92. The molecule has 0 saturated heterocycles. The summed E-state index contributed by atoms with van der Waals surface area (Å²) in [6.07, 6.45) is 0. The summed E-state index contributed by atoms with van der Waals surface area (Å²) in [6, 6.07) is 26.6. The van der Waals surface area contributed by atoms with Crippen molar-refractivity contribution in [1.82, 2.24) is 4.98 Å². The molecular formula is C23H18N4O2S. The van der Waals surface area contributed by atoms with E-state index in [-0.39, 0.29) is 16.1 Å². The number of hydrogen-bond acceptors (Lipinski definition) is 4. The van der Waals surface area contributed by atoms with E-state index in [1.165, 1.54) is 24.3 Å². The Morgan fingerprint density at radius 2 is 1.33 bits per heavy atom. The molecule has 148 valence electrons. The highest BCUT2D eigenvalue weighted by Gasteiger charge is 2.24. The third kappa shape index (κ3) is 3.64. The number of nitriles is 1. The van der Waals surface area contributed by atoms with Crippen molar-refractivity contribution in [1.29, 1.82) is 5.26 Å². The standard InChI is InChI=1S/C23H18N4O2S/c24-15-20-21(16-7-3-1-4-8-16)26-22(17-9-5-2-6-10-17)23(20)27-30(28,29)19-13-11-18(25)12-14-19/h1-14,26-27H,25H2. The molecule has 0 unspecified atom stereocenters. The molecule has 0 fully saturated rings. The van der Waals surface area contributed by atoms with Crippen LogP contribution >= 0.6 is 0 Å². The minimum Gasteiger partial charge on any atom is -0.399 e. The quantitative estimate of drug-likeness (QED) is 0.414. The van der Waals surface area contributed by atoms with Gasteiger partial charge in [-0.25, -0.2) is 8.42 Å². The van der Waals surface area contributed by atoms with Crippen LogP contribution in [0.4, 0.5) is 11.4 Å². The number of rotatable bonds is 5. The Morgan fingerprint density at radius 1 is 0.800 bits per heavy atom. The minimum absolute atomic E-state index is 0.0575. The van der Waals surface area contributed by atoms with Gasteiger partial charge in [-0.2, -0.15) is 5.26 Å². The van der Waals surface area contributed by atoms with Crippen molar-refractivity contribution < 1.29 is 8.42 Å². The predicted octanol–water partition coefficient (Wildman–Crippen LogP) is 4.60. The van der Waals surface area contributed by atoms with E-state index in [0.29, 0.717) is 17.1 Å². The number of anilines is 2. The second kappa shape index (κ2) is 7.78. The Hall–Kier alpha value is -4.02. The van der Waals surface area contributed by atoms with E-state index in [0.717, 1.165) is 11.1 Å². The first-order chi connectivity index (χ1) is 14.5. The van der Waals surface area contributed by atoms with Gasteiger partial charge in [0.05, 0.1) is 22.0 Å². The molecule has 0 aliphatic heterocycles. The normalized spacial score (nSPS) is 11.0. The van der Waals surface area contributed by atoms with E-state index in [1.807, 2.05) is 60.7 Å². The zero-order valence-electron chi connectivity index (χ0n) is 15.8. The van der Waals surface area contributed by atoms with Gasteiger partial charge in [0.1, 0.15) is 11.6 Å². The molecule has 4 rings (SSSR count). The molecule has 1 aromatic heterocycles. The van der Waals surface area contributed by atoms with Crippen LogP contribution in [0.15, 0.2) is 89.8 Å². The fourth-order valence-corrected chi connectivity index (χ4v) is 4.28. The number of H-pyrrole nitrogens is 1. The van der Waals surface area contributed by atoms with Gasteiger partial charge in [-0.15, -0.1) is 0 Å². The number of aromatic amines is 1. The number of sulfonamides is 1. The largest absolute Gasteiger partial charge is 0.399 e. The fraction of sp³-hybridized carbons (Fsp3) is 0. The smallest absolute Gasteiger partial charge is 0.262 e. The first-order valence-corrected chi connectivity index (χ1v) is 10.6. The lowest BCUT2D eigenvalue weighted by molar-refractivity contribution is 0.601. The molecule has 0 radical (unpaired) electrons. The minimum atomic E-state index is -3.94. The van der Waals surface area contributed by atoms with Crippen LogP contribution in [0.5, 0.6) is 0 Å². The average Bonchev–Trinajstić information content (AvgIpc) is 3.13. The SMILES string of the molecule is N#Cc1c(-c2ccccc2)[nH]c(-c2ccccc2)c1NS(=O)(=O)c1ccc(N)cc1. The maximum atomic E-state index is 13.0. The van der Waals surface area contributed by atoms with Gasteiger partial charge >= 0.3 is 0 Å². The van der Waals surface area contributed by atoms with Crippen LogP contribution in [0.3, 0.4) is 0 Å². The van der Waals surface area contributed by atoms with Crippen LogP contribution in [-0.2, 0) is 10.0 Å². The van der Waals surface area contributed by atoms with Crippen LogP contribution in [0.1, 0.15) is 5.56 Å². The molecule has 0 saturated carbocycles. The summed E-state index contributed by atoms with van der Waals surface area (Å²) in [5.41, 5.74) is 9.17. The molecule has 4 N–H and O–H groups in total. The summed E-state index contributed by atoms with van der Waals surface area (Å²) in [5, 5.41) is 9.90. The van der Waals surface area contributed by atoms with Gasteiger partial charge in [0.15, 0.2) is 0 Å². The van der Waals surface area contributed by atoms with Gasteiger partial charge in [-0.3, -0.25) is 4.72 Å². The molecule has 0 atom stereocenters. The third-order valence-corrected chi connectivity index (χ3v) is 6.03. The molecule has 4 aromatic rings. The average molecular weight is 414 g/mol. The number of aromatic nitrogens is 1. The monoisotopic (exact) mass is 414 g/mol. The van der Waals surface area contributed by atoms with Crippen molar-refractivity contribution in [2.24, 2.45) is 0 Å². The van der Waals surface area contributed by atoms with Crippen LogP contribution in [0.2, 0.25) is 0 Å². The number of nitrogens with one attached hydrogen (secondary N) is 2. The Labute approximate surface area is 174 Å². The second-order valence-electron chi connectivity index (χ2n) is 6.64. The van der Waals surface area contributed by atoms with Gasteiger partial charge in [-0.05, 0) is 29.8 Å². The van der Waals surface area contributed by atoms with E-state index in [2.05, 4.69) is 15.8 Å². The summed E-state index contributed by atoms with van der Waals surface area (Å²) in [7, 11) is -3.94. The summed E-state index contributed by atoms with van der Waals surface area (Å²) in [4.78, 5) is 3.31. The lowest BCUT2D eigenvalue weighted by atomic mass is 10.1. The van der Waals surface area contributed by atoms with Crippen LogP contribution in [-0.4, -0.2) is 13.4 Å². The number of nitrogen functional groups attached to an aromatic ring is 1. The first-order valence-electron chi connectivity index (χ1n) is 9.15. The van der Waals surface area contributed by atoms with E-state index < -0.39 is 10.0 Å². The number of nitrogens with two attached hydrogens (primary N) is 1. The molecule has 3 aromatic carbocycles. The molecule has 0 aliphatic carbocycles. The molecule has 0 amide bonds. The first kappa shape index (κ1) is 19.3. The van der Waals surface area contributed by atoms with Gasteiger partial charge in [-0.1, -0.05) is 60.7 Å². The number of hydrogen-bond donors (Lipinski definition) is 3. The predicted molar refractivity (Wildman–Crippen MR) is 118 cm³/mol. The Kier molecular flexibility index (Phi) is 5.00. The van der Waals surface area contributed by atoms with Crippen LogP contribution in [0.25, 0.3) is 22.5 Å². The molecule has 7 heteroatoms. The lowest BCUT2D eigenvalue weighted by Gasteiger charge is -2.10. The number of benzene rings is 3. The Bertz CT molecular complexity index is 1320. The van der Waals surface area contributed by atoms with Gasteiger partial charge < -0.3 is 10.7 Å². The van der Waals surface area contributed by atoms with Crippen LogP contribution < -0.4 is 10.5 Å². The van der Waals surface area contributed by atoms with Crippen molar-refractivity contribution in [3.8, 4) is 28.6 Å². The molecule has 1 heterocycles. The summed E-state index contributed by atoms with van der Waals surface area (Å²) in [5.74, 6) is 0. The van der Waals surface area contributed by atoms with Crippen molar-refractivity contribution in [2.75, 3.05) is 10.5 Å². The molecular weight excluding hydrogens is 396 g/mol. The number of nitrogens with zero attached hydrogens (tertiary/aromatic N) is 1. The van der Waals surface area contributed by atoms with Crippen LogP contribution in [0, 0.1) is 11.3 Å². The summed E-state index contributed by atoms with van der Waals surface area (Å²) < 4.78 is 28.7. The molecule has 30 heavy (non-hydrogen) atoms. The van der Waals surface area contributed by atoms with Crippen molar-refractivity contribution in [3.63, 3.8) is 0 Å². The van der Waals surface area contributed by atoms with E-state index >= 15 is 0 Å². The summed E-state index contributed by atoms with van der Waals surface area (Å²) in [6.45, 7) is 0. The van der Waals surface area contributed by atoms with E-state index in [4.69, 9.17) is 5.73 Å². The maximum absolute atomic E-state index is 13.0. The maximum Gasteiger partial charge on any atom is 0.262 e. The molecule has 6 nitrogen and oxygen atoms in total. The van der Waals surface area contributed by atoms with Crippen molar-refractivity contribution >= 4 is 21.4 Å². The topological polar surface area (TPSA) is 112 Å². The fourth-order valence-electron chi connectivity index (χ4n) is 3.20. The highest BCUT2D eigenvalue weighted by Crippen LogP contribution is 2.38. The lowest BCUT2D eigenvalue weighted by Crippen LogP contribution is -2.14. The van der Waals surface area contributed by atoms with Crippen molar-refractivity contribution in [3.05, 3.63) is 90.5 Å². The van der Waals surface area contributed by atoms with Crippen molar-refractivity contribution in [2.45, 2.75) is 4.90 Å². The van der Waals surface area contributed by atoms with Gasteiger partial charge in [0, 0.05) is 11.3 Å². The van der Waals surface area contributed by atoms with E-state index in [1.54, 1.807) is 0 Å². The van der Waals surface area contributed by atoms with Gasteiger partial charge in [0.25, 0.3) is 10.0 Å². The zero-order chi connectivity index (χ0) is 21.1. The molecule has 0 spiro atoms. The Balaban J connectivity index is 1.90. The zero-order valence-corrected chi connectivity index (χ0v) is 16.6. The van der Waals surface area contributed by atoms with E-state index in [9.17, 15) is 13.7 Å². The summed E-state index contributed by atoms with van der Waals surface area (Å²) >= 11 is 0. The van der Waals surface area contributed by atoms with Gasteiger partial charge in [0.2, 0.25) is 0 Å². The molecule has 0 aliphatic rings.